The minimum absolute atomic E-state index is 0.360. The lowest BCUT2D eigenvalue weighted by atomic mass is 9.98. The van der Waals surface area contributed by atoms with Crippen molar-refractivity contribution in [2.75, 3.05) is 5.32 Å². The Balaban J connectivity index is 1.79. The molecule has 0 aliphatic carbocycles. The van der Waals surface area contributed by atoms with Gasteiger partial charge >= 0.3 is 0 Å². The van der Waals surface area contributed by atoms with Crippen LogP contribution in [0.3, 0.4) is 0 Å². The molecule has 0 aromatic heterocycles. The first-order valence-electron chi connectivity index (χ1n) is 7.03. The SMILES string of the molecule is CC1(CCc2cccc(Br)c2)N=C(N)c2ccccc2N1. The van der Waals surface area contributed by atoms with E-state index < -0.39 is 0 Å². The molecule has 0 saturated carbocycles. The number of hydrogen-bond acceptors (Lipinski definition) is 3. The van der Waals surface area contributed by atoms with Crippen molar-refractivity contribution in [3.8, 4) is 0 Å². The van der Waals surface area contributed by atoms with Crippen LogP contribution in [0.2, 0.25) is 0 Å². The summed E-state index contributed by atoms with van der Waals surface area (Å²) in [4.78, 5) is 4.66. The van der Waals surface area contributed by atoms with Gasteiger partial charge in [0, 0.05) is 15.7 Å². The molecule has 1 aliphatic rings. The molecule has 2 aromatic rings. The van der Waals surface area contributed by atoms with Crippen LogP contribution in [0.4, 0.5) is 5.69 Å². The van der Waals surface area contributed by atoms with E-state index in [0.717, 1.165) is 28.6 Å². The van der Waals surface area contributed by atoms with Crippen LogP contribution in [0.5, 0.6) is 0 Å². The minimum atomic E-state index is -0.360. The highest BCUT2D eigenvalue weighted by Crippen LogP contribution is 2.29. The lowest BCUT2D eigenvalue weighted by Crippen LogP contribution is -2.40. The summed E-state index contributed by atoms with van der Waals surface area (Å²) in [6.07, 6.45) is 1.83. The third-order valence-electron chi connectivity index (χ3n) is 3.76. The quantitative estimate of drug-likeness (QED) is 0.886. The molecule has 3 N–H and O–H groups in total. The van der Waals surface area contributed by atoms with Crippen LogP contribution in [-0.4, -0.2) is 11.5 Å². The van der Waals surface area contributed by atoms with Gasteiger partial charge in [0.15, 0.2) is 0 Å². The van der Waals surface area contributed by atoms with Crippen molar-refractivity contribution < 1.29 is 0 Å². The predicted octanol–water partition coefficient (Wildman–Crippen LogP) is 3.93. The van der Waals surface area contributed by atoms with Gasteiger partial charge in [-0.3, -0.25) is 0 Å². The summed E-state index contributed by atoms with van der Waals surface area (Å²) in [6.45, 7) is 2.09. The molecule has 0 radical (unpaired) electrons. The number of aliphatic imine (C=N–C) groups is 1. The number of nitrogens with two attached hydrogens (primary N) is 1. The number of hydrogen-bond donors (Lipinski definition) is 2. The number of rotatable bonds is 3. The van der Waals surface area contributed by atoms with Crippen molar-refractivity contribution in [2.45, 2.75) is 25.4 Å². The Morgan fingerprint density at radius 3 is 2.81 bits per heavy atom. The van der Waals surface area contributed by atoms with E-state index in [-0.39, 0.29) is 5.66 Å². The van der Waals surface area contributed by atoms with Gasteiger partial charge in [-0.1, -0.05) is 40.2 Å². The second kappa shape index (κ2) is 5.53. The van der Waals surface area contributed by atoms with E-state index in [4.69, 9.17) is 5.73 Å². The number of amidine groups is 1. The topological polar surface area (TPSA) is 50.4 Å². The number of nitrogens with one attached hydrogen (secondary N) is 1. The Morgan fingerprint density at radius 2 is 2.00 bits per heavy atom. The molecule has 2 aromatic carbocycles. The molecule has 0 bridgehead atoms. The highest BCUT2D eigenvalue weighted by Gasteiger charge is 2.28. The first-order valence-corrected chi connectivity index (χ1v) is 7.82. The Labute approximate surface area is 133 Å². The van der Waals surface area contributed by atoms with E-state index in [1.165, 1.54) is 5.56 Å². The summed E-state index contributed by atoms with van der Waals surface area (Å²) in [6, 6.07) is 16.4. The second-order valence-electron chi connectivity index (χ2n) is 5.57. The molecule has 0 spiro atoms. The molecule has 1 aliphatic heterocycles. The van der Waals surface area contributed by atoms with Gasteiger partial charge in [-0.15, -0.1) is 0 Å². The van der Waals surface area contributed by atoms with Gasteiger partial charge in [0.05, 0.1) is 0 Å². The number of nitrogens with zero attached hydrogens (tertiary/aromatic N) is 1. The maximum Gasteiger partial charge on any atom is 0.130 e. The third kappa shape index (κ3) is 3.10. The minimum Gasteiger partial charge on any atom is -0.383 e. The summed E-state index contributed by atoms with van der Waals surface area (Å²) in [5, 5.41) is 3.51. The zero-order valence-electron chi connectivity index (χ0n) is 11.9. The highest BCUT2D eigenvalue weighted by atomic mass is 79.9. The first-order chi connectivity index (χ1) is 10.1. The number of fused-ring (bicyclic) bond motifs is 1. The van der Waals surface area contributed by atoms with Gasteiger partial charge in [-0.2, -0.15) is 0 Å². The number of aryl methyl sites for hydroxylation is 1. The molecule has 4 heteroatoms. The molecule has 0 amide bonds. The van der Waals surface area contributed by atoms with Crippen molar-refractivity contribution in [3.05, 3.63) is 64.1 Å². The Hall–Kier alpha value is -1.81. The third-order valence-corrected chi connectivity index (χ3v) is 4.26. The monoisotopic (exact) mass is 343 g/mol. The molecule has 0 fully saturated rings. The Morgan fingerprint density at radius 1 is 1.19 bits per heavy atom. The van der Waals surface area contributed by atoms with E-state index in [1.807, 2.05) is 30.3 Å². The van der Waals surface area contributed by atoms with E-state index in [0.29, 0.717) is 5.84 Å². The molecule has 3 rings (SSSR count). The standard InChI is InChI=1S/C17H18BrN3/c1-17(10-9-12-5-4-6-13(18)11-12)20-15-8-3-2-7-14(15)16(19)21-17/h2-8,11,20H,9-10H2,1H3,(H2,19,21). The predicted molar refractivity (Wildman–Crippen MR) is 91.7 cm³/mol. The first kappa shape index (κ1) is 14.1. The molecule has 1 unspecified atom stereocenters. The zero-order chi connectivity index (χ0) is 14.9. The van der Waals surface area contributed by atoms with Gasteiger partial charge < -0.3 is 11.1 Å². The van der Waals surface area contributed by atoms with Crippen LogP contribution in [0.25, 0.3) is 0 Å². The van der Waals surface area contributed by atoms with Crippen LogP contribution in [0.1, 0.15) is 24.5 Å². The highest BCUT2D eigenvalue weighted by molar-refractivity contribution is 9.10. The maximum absolute atomic E-state index is 6.12. The molecule has 3 nitrogen and oxygen atoms in total. The fourth-order valence-corrected chi connectivity index (χ4v) is 3.10. The van der Waals surface area contributed by atoms with Gasteiger partial charge in [-0.05, 0) is 49.6 Å². The summed E-state index contributed by atoms with van der Waals surface area (Å²) in [5.74, 6) is 0.612. The molecule has 1 atom stereocenters. The van der Waals surface area contributed by atoms with E-state index >= 15 is 0 Å². The fourth-order valence-electron chi connectivity index (χ4n) is 2.66. The number of para-hydroxylation sites is 1. The molecular formula is C17H18BrN3. The maximum atomic E-state index is 6.12. The van der Waals surface area contributed by atoms with Gasteiger partial charge in [-0.25, -0.2) is 4.99 Å². The van der Waals surface area contributed by atoms with Crippen molar-refractivity contribution in [1.82, 2.24) is 0 Å². The largest absolute Gasteiger partial charge is 0.383 e. The number of benzene rings is 2. The average Bonchev–Trinajstić information content (AvgIpc) is 2.45. The lowest BCUT2D eigenvalue weighted by molar-refractivity contribution is 0.491. The summed E-state index contributed by atoms with van der Waals surface area (Å²) in [5.41, 5.74) is 9.09. The lowest BCUT2D eigenvalue weighted by Gasteiger charge is -2.33. The molecule has 0 saturated heterocycles. The van der Waals surface area contributed by atoms with E-state index in [1.54, 1.807) is 0 Å². The van der Waals surface area contributed by atoms with E-state index in [9.17, 15) is 0 Å². The molecule has 21 heavy (non-hydrogen) atoms. The van der Waals surface area contributed by atoms with Gasteiger partial charge in [0.1, 0.15) is 11.5 Å². The van der Waals surface area contributed by atoms with Crippen LogP contribution < -0.4 is 11.1 Å². The number of anilines is 1. The average molecular weight is 344 g/mol. The van der Waals surface area contributed by atoms with Crippen molar-refractivity contribution in [1.29, 1.82) is 0 Å². The smallest absolute Gasteiger partial charge is 0.130 e. The van der Waals surface area contributed by atoms with Crippen LogP contribution in [0, 0.1) is 0 Å². The van der Waals surface area contributed by atoms with Gasteiger partial charge in [0.25, 0.3) is 0 Å². The fraction of sp³-hybridized carbons (Fsp3) is 0.235. The normalized spacial score (nSPS) is 20.4. The summed E-state index contributed by atoms with van der Waals surface area (Å²) >= 11 is 3.51. The molecule has 108 valence electrons. The Bertz CT molecular complexity index is 696. The summed E-state index contributed by atoms with van der Waals surface area (Å²) in [7, 11) is 0. The molecule has 1 heterocycles. The van der Waals surface area contributed by atoms with Crippen molar-refractivity contribution in [3.63, 3.8) is 0 Å². The van der Waals surface area contributed by atoms with E-state index in [2.05, 4.69) is 51.4 Å². The van der Waals surface area contributed by atoms with Crippen LogP contribution in [-0.2, 0) is 6.42 Å². The molecular weight excluding hydrogens is 326 g/mol. The number of halogens is 1. The van der Waals surface area contributed by atoms with Crippen LogP contribution >= 0.6 is 15.9 Å². The van der Waals surface area contributed by atoms with Gasteiger partial charge in [0.2, 0.25) is 0 Å². The Kier molecular flexibility index (Phi) is 3.72. The van der Waals surface area contributed by atoms with Crippen molar-refractivity contribution >= 4 is 27.5 Å². The van der Waals surface area contributed by atoms with Crippen molar-refractivity contribution in [2.24, 2.45) is 10.7 Å². The zero-order valence-corrected chi connectivity index (χ0v) is 13.5. The summed E-state index contributed by atoms with van der Waals surface area (Å²) < 4.78 is 1.11. The second-order valence-corrected chi connectivity index (χ2v) is 6.49. The van der Waals surface area contributed by atoms with Crippen LogP contribution in [0.15, 0.2) is 58.0 Å².